The molecule has 1 unspecified atom stereocenters. The first kappa shape index (κ1) is 20.7. The lowest BCUT2D eigenvalue weighted by atomic mass is 9.40. The fraction of sp³-hybridized carbons (Fsp3) is 0.423. The number of nitrogens with zero attached hydrogens (tertiary/aromatic N) is 6. The zero-order valence-electron chi connectivity index (χ0n) is 19.5. The number of benzene rings is 1. The van der Waals surface area contributed by atoms with E-state index in [9.17, 15) is 5.26 Å². The van der Waals surface area contributed by atoms with E-state index in [-0.39, 0.29) is 11.0 Å². The topological polar surface area (TPSA) is 112 Å². The van der Waals surface area contributed by atoms with E-state index < -0.39 is 0 Å². The van der Waals surface area contributed by atoms with Crippen molar-refractivity contribution in [3.63, 3.8) is 0 Å². The Morgan fingerprint density at radius 3 is 2.59 bits per heavy atom. The van der Waals surface area contributed by atoms with E-state index in [0.29, 0.717) is 23.4 Å². The summed E-state index contributed by atoms with van der Waals surface area (Å²) in [6.07, 6.45) is 6.68. The van der Waals surface area contributed by atoms with Crippen LogP contribution in [0.1, 0.15) is 48.6 Å². The van der Waals surface area contributed by atoms with E-state index >= 15 is 0 Å². The second-order valence-electron chi connectivity index (χ2n) is 10.4. The van der Waals surface area contributed by atoms with Crippen LogP contribution in [0.3, 0.4) is 0 Å². The third-order valence-electron chi connectivity index (χ3n) is 7.37. The number of fused-ring (bicyclic) bond motifs is 3. The normalized spacial score (nSPS) is 26.4. The maximum Gasteiger partial charge on any atom is 0.235 e. The molecule has 0 amide bonds. The van der Waals surface area contributed by atoms with Gasteiger partial charge in [0.05, 0.1) is 23.2 Å². The lowest BCUT2D eigenvalue weighted by molar-refractivity contribution is -0.0665. The van der Waals surface area contributed by atoms with Gasteiger partial charge in [0.2, 0.25) is 11.8 Å². The number of anilines is 1. The van der Waals surface area contributed by atoms with E-state index in [4.69, 9.17) is 25.1 Å². The van der Waals surface area contributed by atoms with Crippen molar-refractivity contribution < 1.29 is 4.74 Å². The van der Waals surface area contributed by atoms with Gasteiger partial charge in [0.15, 0.2) is 5.65 Å². The molecule has 0 spiro atoms. The highest BCUT2D eigenvalue weighted by Gasteiger charge is 2.69. The summed E-state index contributed by atoms with van der Waals surface area (Å²) in [5, 5.41) is 27.3. The second-order valence-corrected chi connectivity index (χ2v) is 10.4. The molecule has 0 saturated heterocycles. The molecule has 4 aliphatic rings. The molecule has 2 aromatic heterocycles. The molecule has 3 saturated carbocycles. The van der Waals surface area contributed by atoms with Gasteiger partial charge >= 0.3 is 0 Å². The first-order valence-corrected chi connectivity index (χ1v) is 11.6. The van der Waals surface area contributed by atoms with E-state index in [2.05, 4.69) is 18.3 Å². The molecular formula is C26H25N7O. The van der Waals surface area contributed by atoms with Gasteiger partial charge in [-0.05, 0) is 80.3 Å². The van der Waals surface area contributed by atoms with Gasteiger partial charge in [0.1, 0.15) is 11.1 Å². The number of aromatic nitrogens is 4. The molecule has 2 bridgehead atoms. The number of hydrogen-bond acceptors (Lipinski definition) is 7. The van der Waals surface area contributed by atoms with Gasteiger partial charge in [-0.25, -0.2) is 0 Å². The molecule has 3 heterocycles. The summed E-state index contributed by atoms with van der Waals surface area (Å²) >= 11 is 0. The van der Waals surface area contributed by atoms with E-state index in [1.807, 2.05) is 36.7 Å². The molecule has 3 aliphatic carbocycles. The van der Waals surface area contributed by atoms with Crippen molar-refractivity contribution in [2.75, 3.05) is 5.32 Å². The number of nitrogens with one attached hydrogen (secondary N) is 1. The van der Waals surface area contributed by atoms with E-state index in [1.54, 1.807) is 6.08 Å². The highest BCUT2D eigenvalue weighted by Crippen LogP contribution is 2.67. The van der Waals surface area contributed by atoms with Crippen LogP contribution in [0.2, 0.25) is 0 Å². The van der Waals surface area contributed by atoms with Crippen LogP contribution in [0, 0.1) is 47.8 Å². The fourth-order valence-electron chi connectivity index (χ4n) is 5.98. The summed E-state index contributed by atoms with van der Waals surface area (Å²) < 4.78 is 8.54. The summed E-state index contributed by atoms with van der Waals surface area (Å²) in [7, 11) is 0. The smallest absolute Gasteiger partial charge is 0.235 e. The molecule has 7 rings (SSSR count). The quantitative estimate of drug-likeness (QED) is 0.553. The second kappa shape index (κ2) is 7.04. The molecule has 3 aromatic rings. The minimum Gasteiger partial charge on any atom is -0.437 e. The number of nitriles is 2. The first-order valence-electron chi connectivity index (χ1n) is 11.6. The monoisotopic (exact) mass is 451 g/mol. The molecule has 3 fully saturated rings. The predicted octanol–water partition coefficient (Wildman–Crippen LogP) is 4.82. The van der Waals surface area contributed by atoms with Crippen LogP contribution in [0.15, 0.2) is 18.2 Å². The standard InChI is InChI=1S/C26H25N7O/c1-15-7-19-20-22(32-33(19)10-15)29-24(31-26-11-25(12-26,13-26)14-28)30-23(20)34-21-16(2)8-18(5-4-6-27)9-17(21)3/h4-5,8-9,15H,7,10-13H2,1-3H3,(H,29,31,32)/b5-4+. The predicted molar refractivity (Wildman–Crippen MR) is 127 cm³/mol. The zero-order valence-corrected chi connectivity index (χ0v) is 19.5. The Morgan fingerprint density at radius 2 is 1.91 bits per heavy atom. The molecular weight excluding hydrogens is 426 g/mol. The van der Waals surface area contributed by atoms with Gasteiger partial charge in [-0.3, -0.25) is 4.68 Å². The van der Waals surface area contributed by atoms with Crippen molar-refractivity contribution in [3.05, 3.63) is 40.6 Å². The van der Waals surface area contributed by atoms with Crippen LogP contribution in [0.25, 0.3) is 17.1 Å². The molecule has 1 aliphatic heterocycles. The summed E-state index contributed by atoms with van der Waals surface area (Å²) in [5.74, 6) is 2.27. The van der Waals surface area contributed by atoms with E-state index in [0.717, 1.165) is 65.7 Å². The van der Waals surface area contributed by atoms with Crippen LogP contribution < -0.4 is 10.1 Å². The number of aryl methyl sites for hydroxylation is 2. The van der Waals surface area contributed by atoms with Crippen LogP contribution in [-0.4, -0.2) is 25.3 Å². The fourth-order valence-corrected chi connectivity index (χ4v) is 5.98. The number of ether oxygens (including phenoxy) is 1. The van der Waals surface area contributed by atoms with Crippen molar-refractivity contribution in [2.45, 2.75) is 58.5 Å². The minimum atomic E-state index is -0.155. The van der Waals surface area contributed by atoms with Gasteiger partial charge in [0.25, 0.3) is 0 Å². The molecule has 170 valence electrons. The largest absolute Gasteiger partial charge is 0.437 e. The maximum atomic E-state index is 9.36. The van der Waals surface area contributed by atoms with Crippen LogP contribution in [0.5, 0.6) is 11.6 Å². The third-order valence-corrected chi connectivity index (χ3v) is 7.37. The molecule has 1 N–H and O–H groups in total. The van der Waals surface area contributed by atoms with E-state index in [1.165, 1.54) is 6.08 Å². The van der Waals surface area contributed by atoms with Crippen LogP contribution in [-0.2, 0) is 13.0 Å². The minimum absolute atomic E-state index is 0.0851. The van der Waals surface area contributed by atoms with Gasteiger partial charge in [-0.1, -0.05) is 6.92 Å². The molecule has 1 atom stereocenters. The Morgan fingerprint density at radius 1 is 1.18 bits per heavy atom. The van der Waals surface area contributed by atoms with Crippen molar-refractivity contribution >= 4 is 23.1 Å². The highest BCUT2D eigenvalue weighted by atomic mass is 16.5. The Kier molecular flexibility index (Phi) is 4.28. The Labute approximate surface area is 197 Å². The lowest BCUT2D eigenvalue weighted by Gasteiger charge is -2.66. The highest BCUT2D eigenvalue weighted by molar-refractivity contribution is 5.85. The number of allylic oxidation sites excluding steroid dienone is 1. The summed E-state index contributed by atoms with van der Waals surface area (Å²) in [6.45, 7) is 7.07. The maximum absolute atomic E-state index is 9.36. The first-order chi connectivity index (χ1) is 16.3. The molecule has 0 radical (unpaired) electrons. The zero-order chi connectivity index (χ0) is 23.7. The van der Waals surface area contributed by atoms with Crippen molar-refractivity contribution in [3.8, 4) is 23.8 Å². The van der Waals surface area contributed by atoms with Crippen molar-refractivity contribution in [1.29, 1.82) is 10.5 Å². The van der Waals surface area contributed by atoms with Crippen LogP contribution in [0.4, 0.5) is 5.95 Å². The number of rotatable bonds is 5. The van der Waals surface area contributed by atoms with Crippen molar-refractivity contribution in [1.82, 2.24) is 19.7 Å². The third kappa shape index (κ3) is 3.06. The average molecular weight is 452 g/mol. The lowest BCUT2D eigenvalue weighted by Crippen LogP contribution is -2.70. The van der Waals surface area contributed by atoms with Gasteiger partial charge in [0, 0.05) is 18.2 Å². The summed E-state index contributed by atoms with van der Waals surface area (Å²) in [5.41, 5.74) is 4.39. The molecule has 8 nitrogen and oxygen atoms in total. The Hall–Kier alpha value is -3.91. The Balaban J connectivity index is 1.40. The summed E-state index contributed by atoms with van der Waals surface area (Å²) in [4.78, 5) is 9.57. The number of hydrogen-bond donors (Lipinski definition) is 1. The van der Waals surface area contributed by atoms with Gasteiger partial charge in [-0.2, -0.15) is 25.6 Å². The Bertz CT molecular complexity index is 1430. The average Bonchev–Trinajstić information content (AvgIpc) is 3.25. The van der Waals surface area contributed by atoms with Crippen LogP contribution >= 0.6 is 0 Å². The molecule has 8 heteroatoms. The van der Waals surface area contributed by atoms with Crippen molar-refractivity contribution in [2.24, 2.45) is 11.3 Å². The molecule has 1 aromatic carbocycles. The van der Waals surface area contributed by atoms with Gasteiger partial charge < -0.3 is 10.1 Å². The summed E-state index contributed by atoms with van der Waals surface area (Å²) in [6, 6.07) is 8.48. The molecule has 34 heavy (non-hydrogen) atoms. The SMILES string of the molecule is Cc1cc(/C=C/C#N)cc(C)c1Oc1nc(NC23CC(C#N)(C2)C3)nc2nn3c(c12)CC(C)C3. The van der Waals surface area contributed by atoms with Gasteiger partial charge in [-0.15, -0.1) is 0 Å².